The summed E-state index contributed by atoms with van der Waals surface area (Å²) in [6, 6.07) is 16.4. The van der Waals surface area contributed by atoms with Crippen LogP contribution >= 0.6 is 0 Å². The number of benzene rings is 1. The molecule has 0 bridgehead atoms. The van der Waals surface area contributed by atoms with E-state index in [0.717, 1.165) is 16.8 Å². The number of pyridine rings is 2. The van der Waals surface area contributed by atoms with Crippen LogP contribution in [0.3, 0.4) is 0 Å². The molecule has 0 saturated heterocycles. The Bertz CT molecular complexity index is 946. The normalized spacial score (nSPS) is 10.8. The fraction of sp³-hybridized carbons (Fsp3) is 0.0556. The lowest BCUT2D eigenvalue weighted by Gasteiger charge is -2.06. The number of fused-ring (bicyclic) bond motifs is 1. The Morgan fingerprint density at radius 3 is 2.35 bits per heavy atom. The summed E-state index contributed by atoms with van der Waals surface area (Å²) in [6.45, 7) is 2.08. The van der Waals surface area contributed by atoms with Crippen molar-refractivity contribution in [2.24, 2.45) is 0 Å². The van der Waals surface area contributed by atoms with Crippen LogP contribution in [0.2, 0.25) is 0 Å². The zero-order chi connectivity index (χ0) is 15.6. The highest BCUT2D eigenvalue weighted by atomic mass is 16.5. The molecule has 3 aromatic heterocycles. The van der Waals surface area contributed by atoms with Crippen LogP contribution in [0, 0.1) is 6.92 Å². The van der Waals surface area contributed by atoms with Crippen LogP contribution in [0.25, 0.3) is 16.8 Å². The zero-order valence-electron chi connectivity index (χ0n) is 12.5. The molecule has 4 rings (SSSR count). The van der Waals surface area contributed by atoms with Crippen molar-refractivity contribution in [3.05, 3.63) is 72.7 Å². The molecule has 112 valence electrons. The third-order valence-corrected chi connectivity index (χ3v) is 3.61. The maximum atomic E-state index is 5.79. The molecule has 0 amide bonds. The number of hydrogen-bond donors (Lipinski definition) is 0. The van der Waals surface area contributed by atoms with Gasteiger partial charge in [0.25, 0.3) is 0 Å². The minimum absolute atomic E-state index is 0.431. The maximum Gasteiger partial charge on any atom is 0.327 e. The minimum atomic E-state index is 0.431. The quantitative estimate of drug-likeness (QED) is 0.576. The van der Waals surface area contributed by atoms with Crippen LogP contribution in [0.15, 0.2) is 67.1 Å². The van der Waals surface area contributed by atoms with Gasteiger partial charge in [0.15, 0.2) is 5.65 Å². The first-order valence-corrected chi connectivity index (χ1v) is 7.29. The molecule has 0 aliphatic carbocycles. The summed E-state index contributed by atoms with van der Waals surface area (Å²) in [4.78, 5) is 3.98. The van der Waals surface area contributed by atoms with E-state index in [9.17, 15) is 0 Å². The van der Waals surface area contributed by atoms with Gasteiger partial charge < -0.3 is 4.74 Å². The molecule has 5 nitrogen and oxygen atoms in total. The van der Waals surface area contributed by atoms with Gasteiger partial charge in [-0.1, -0.05) is 34.9 Å². The van der Waals surface area contributed by atoms with Crippen LogP contribution in [0.4, 0.5) is 0 Å². The Morgan fingerprint density at radius 2 is 1.57 bits per heavy atom. The molecule has 0 fully saturated rings. The van der Waals surface area contributed by atoms with E-state index in [1.54, 1.807) is 24.5 Å². The average Bonchev–Trinajstić information content (AvgIpc) is 2.99. The number of rotatable bonds is 3. The van der Waals surface area contributed by atoms with Gasteiger partial charge in [-0.25, -0.2) is 0 Å². The minimum Gasteiger partial charge on any atom is -0.424 e. The first kappa shape index (κ1) is 13.5. The molecule has 5 heteroatoms. The summed E-state index contributed by atoms with van der Waals surface area (Å²) in [5.41, 5.74) is 4.20. The summed E-state index contributed by atoms with van der Waals surface area (Å²) in [5.74, 6) is 0.676. The summed E-state index contributed by atoms with van der Waals surface area (Å²) in [7, 11) is 0. The second-order valence-corrected chi connectivity index (χ2v) is 5.28. The van der Waals surface area contributed by atoms with Gasteiger partial charge in [0.1, 0.15) is 5.75 Å². The Morgan fingerprint density at radius 1 is 0.826 bits per heavy atom. The van der Waals surface area contributed by atoms with E-state index >= 15 is 0 Å². The highest BCUT2D eigenvalue weighted by Gasteiger charge is 2.09. The second-order valence-electron chi connectivity index (χ2n) is 5.28. The van der Waals surface area contributed by atoms with Crippen molar-refractivity contribution in [2.45, 2.75) is 6.92 Å². The molecule has 0 saturated carbocycles. The fourth-order valence-electron chi connectivity index (χ4n) is 2.37. The molecular formula is C18H14N4O. The zero-order valence-corrected chi connectivity index (χ0v) is 12.5. The third-order valence-electron chi connectivity index (χ3n) is 3.61. The van der Waals surface area contributed by atoms with Crippen molar-refractivity contribution >= 4 is 5.65 Å². The molecule has 0 aliphatic rings. The molecule has 4 aromatic rings. The molecule has 1 aromatic carbocycles. The second kappa shape index (κ2) is 5.53. The monoisotopic (exact) mass is 302 g/mol. The lowest BCUT2D eigenvalue weighted by atomic mass is 10.1. The van der Waals surface area contributed by atoms with Crippen LogP contribution in [-0.2, 0) is 0 Å². The Balaban J connectivity index is 1.75. The number of aryl methyl sites for hydroxylation is 1. The van der Waals surface area contributed by atoms with E-state index in [1.165, 1.54) is 5.56 Å². The van der Waals surface area contributed by atoms with Crippen molar-refractivity contribution < 1.29 is 4.74 Å². The molecule has 0 N–H and O–H groups in total. The van der Waals surface area contributed by atoms with Crippen molar-refractivity contribution in [2.75, 3.05) is 0 Å². The van der Waals surface area contributed by atoms with Crippen LogP contribution in [0.1, 0.15) is 5.56 Å². The molecule has 0 aliphatic heterocycles. The smallest absolute Gasteiger partial charge is 0.327 e. The van der Waals surface area contributed by atoms with Crippen LogP contribution in [-0.4, -0.2) is 19.6 Å². The van der Waals surface area contributed by atoms with Crippen LogP contribution < -0.4 is 4.74 Å². The van der Waals surface area contributed by atoms with Gasteiger partial charge in [-0.2, -0.15) is 0 Å². The highest BCUT2D eigenvalue weighted by molar-refractivity contribution is 5.65. The van der Waals surface area contributed by atoms with E-state index in [2.05, 4.69) is 46.4 Å². The van der Waals surface area contributed by atoms with Crippen molar-refractivity contribution in [1.82, 2.24) is 19.6 Å². The largest absolute Gasteiger partial charge is 0.424 e. The molecule has 23 heavy (non-hydrogen) atoms. The van der Waals surface area contributed by atoms with Gasteiger partial charge in [0, 0.05) is 18.6 Å². The fourth-order valence-corrected chi connectivity index (χ4v) is 2.37. The van der Waals surface area contributed by atoms with Crippen LogP contribution in [0.5, 0.6) is 11.8 Å². The summed E-state index contributed by atoms with van der Waals surface area (Å²) < 4.78 is 7.63. The maximum absolute atomic E-state index is 5.79. The predicted octanol–water partition coefficient (Wildman–Crippen LogP) is 3.89. The van der Waals surface area contributed by atoms with E-state index in [-0.39, 0.29) is 0 Å². The predicted molar refractivity (Wildman–Crippen MR) is 87.5 cm³/mol. The Hall–Kier alpha value is -3.21. The first-order valence-electron chi connectivity index (χ1n) is 7.29. The molecule has 0 unspecified atom stereocenters. The average molecular weight is 302 g/mol. The lowest BCUT2D eigenvalue weighted by Crippen LogP contribution is -1.93. The molecular weight excluding hydrogens is 288 g/mol. The Labute approximate surface area is 133 Å². The standard InChI is InChI=1S/C18H14N4O/c1-13-2-4-14(5-3-13)15-6-7-17-20-21-18(22(17)12-15)23-16-8-10-19-11-9-16/h2-12H,1H3. The van der Waals surface area contributed by atoms with Crippen molar-refractivity contribution in [3.8, 4) is 22.9 Å². The molecule has 3 heterocycles. The first-order chi connectivity index (χ1) is 11.3. The summed E-state index contributed by atoms with van der Waals surface area (Å²) in [5, 5.41) is 8.25. The van der Waals surface area contributed by atoms with Gasteiger partial charge in [-0.05, 0) is 42.3 Å². The van der Waals surface area contributed by atoms with Gasteiger partial charge in [0.2, 0.25) is 0 Å². The van der Waals surface area contributed by atoms with E-state index in [1.807, 2.05) is 22.7 Å². The van der Waals surface area contributed by atoms with E-state index < -0.39 is 0 Å². The highest BCUT2D eigenvalue weighted by Crippen LogP contribution is 2.24. The summed E-state index contributed by atoms with van der Waals surface area (Å²) >= 11 is 0. The topological polar surface area (TPSA) is 52.3 Å². The van der Waals surface area contributed by atoms with Crippen molar-refractivity contribution in [1.29, 1.82) is 0 Å². The lowest BCUT2D eigenvalue weighted by molar-refractivity contribution is 0.436. The number of aromatic nitrogens is 4. The summed E-state index contributed by atoms with van der Waals surface area (Å²) in [6.07, 6.45) is 5.34. The van der Waals surface area contributed by atoms with Gasteiger partial charge in [-0.3, -0.25) is 9.38 Å². The molecule has 0 spiro atoms. The SMILES string of the molecule is Cc1ccc(-c2ccc3nnc(Oc4ccncc4)n3c2)cc1. The number of hydrogen-bond acceptors (Lipinski definition) is 4. The number of ether oxygens (including phenoxy) is 1. The Kier molecular flexibility index (Phi) is 3.24. The molecule has 0 radical (unpaired) electrons. The van der Waals surface area contributed by atoms with Gasteiger partial charge >= 0.3 is 6.01 Å². The van der Waals surface area contributed by atoms with Crippen molar-refractivity contribution in [3.63, 3.8) is 0 Å². The molecule has 0 atom stereocenters. The van der Waals surface area contributed by atoms with Gasteiger partial charge in [-0.15, -0.1) is 5.10 Å². The number of nitrogens with zero attached hydrogens (tertiary/aromatic N) is 4. The van der Waals surface area contributed by atoms with Gasteiger partial charge in [0.05, 0.1) is 0 Å². The van der Waals surface area contributed by atoms with E-state index in [4.69, 9.17) is 4.74 Å². The van der Waals surface area contributed by atoms with E-state index in [0.29, 0.717) is 11.8 Å². The third kappa shape index (κ3) is 2.64.